The minimum atomic E-state index is -0.158. The quantitative estimate of drug-likeness (QED) is 0.861. The van der Waals surface area contributed by atoms with Crippen LogP contribution < -0.4 is 5.73 Å². The van der Waals surface area contributed by atoms with Gasteiger partial charge in [0.2, 0.25) is 0 Å². The van der Waals surface area contributed by atoms with Crippen LogP contribution in [0.4, 0.5) is 5.69 Å². The van der Waals surface area contributed by atoms with Gasteiger partial charge in [-0.15, -0.1) is 11.3 Å². The Morgan fingerprint density at radius 2 is 1.85 bits per heavy atom. The Balaban J connectivity index is 1.91. The molecule has 0 radical (unpaired) electrons. The molecule has 0 amide bonds. The molecular formula is C16H20N2OS. The number of anilines is 1. The average Bonchev–Trinajstić information content (AvgIpc) is 2.99. The van der Waals surface area contributed by atoms with Gasteiger partial charge < -0.3 is 10.5 Å². The topological polar surface area (TPSA) is 48.1 Å². The molecule has 1 heterocycles. The van der Waals surface area contributed by atoms with Gasteiger partial charge >= 0.3 is 0 Å². The fourth-order valence-electron chi connectivity index (χ4n) is 2.90. The molecule has 0 saturated heterocycles. The third kappa shape index (κ3) is 2.45. The second-order valence-electron chi connectivity index (χ2n) is 5.42. The Morgan fingerprint density at radius 3 is 2.50 bits per heavy atom. The van der Waals surface area contributed by atoms with Gasteiger partial charge in [-0.05, 0) is 25.0 Å². The normalized spacial score (nSPS) is 18.1. The molecule has 4 heteroatoms. The van der Waals surface area contributed by atoms with Crippen LogP contribution in [0.2, 0.25) is 0 Å². The van der Waals surface area contributed by atoms with E-state index in [-0.39, 0.29) is 5.60 Å². The lowest BCUT2D eigenvalue weighted by molar-refractivity contribution is -0.0445. The van der Waals surface area contributed by atoms with E-state index in [4.69, 9.17) is 15.5 Å². The molecule has 1 aliphatic carbocycles. The van der Waals surface area contributed by atoms with Gasteiger partial charge in [-0.2, -0.15) is 0 Å². The number of nitrogen functional groups attached to an aromatic ring is 1. The molecule has 0 atom stereocenters. The SMILES string of the molecule is COC1(c2nc(-c3ccc(N)cc3)cs2)CCCCC1. The Morgan fingerprint density at radius 1 is 1.15 bits per heavy atom. The summed E-state index contributed by atoms with van der Waals surface area (Å²) in [6.45, 7) is 0. The molecule has 20 heavy (non-hydrogen) atoms. The molecule has 1 saturated carbocycles. The van der Waals surface area contributed by atoms with Crippen LogP contribution in [0.3, 0.4) is 0 Å². The summed E-state index contributed by atoms with van der Waals surface area (Å²) in [4.78, 5) is 4.83. The molecule has 0 unspecified atom stereocenters. The first-order valence-corrected chi connectivity index (χ1v) is 7.98. The molecule has 0 bridgehead atoms. The molecular weight excluding hydrogens is 268 g/mol. The zero-order valence-corrected chi connectivity index (χ0v) is 12.6. The van der Waals surface area contributed by atoms with Crippen molar-refractivity contribution in [2.75, 3.05) is 12.8 Å². The molecule has 2 aromatic rings. The van der Waals surface area contributed by atoms with E-state index >= 15 is 0 Å². The van der Waals surface area contributed by atoms with E-state index in [0.717, 1.165) is 34.8 Å². The van der Waals surface area contributed by atoms with Gasteiger partial charge in [0, 0.05) is 23.7 Å². The van der Waals surface area contributed by atoms with Gasteiger partial charge in [-0.3, -0.25) is 0 Å². The second-order valence-corrected chi connectivity index (χ2v) is 6.28. The number of thiazole rings is 1. The molecule has 1 aromatic carbocycles. The van der Waals surface area contributed by atoms with Crippen molar-refractivity contribution in [2.45, 2.75) is 37.7 Å². The summed E-state index contributed by atoms with van der Waals surface area (Å²) in [6.07, 6.45) is 5.92. The molecule has 0 aliphatic heterocycles. The van der Waals surface area contributed by atoms with Gasteiger partial charge in [0.25, 0.3) is 0 Å². The van der Waals surface area contributed by atoms with Crippen molar-refractivity contribution in [3.63, 3.8) is 0 Å². The number of rotatable bonds is 3. The van der Waals surface area contributed by atoms with Gasteiger partial charge in [-0.25, -0.2) is 4.98 Å². The summed E-state index contributed by atoms with van der Waals surface area (Å²) in [5, 5.41) is 3.24. The standard InChI is InChI=1S/C16H20N2OS/c1-19-16(9-3-2-4-10-16)15-18-14(11-20-15)12-5-7-13(17)8-6-12/h5-8,11H,2-4,9-10,17H2,1H3. The summed E-state index contributed by atoms with van der Waals surface area (Å²) in [5.74, 6) is 0. The van der Waals surface area contributed by atoms with Crippen LogP contribution in [-0.4, -0.2) is 12.1 Å². The zero-order valence-electron chi connectivity index (χ0n) is 11.8. The monoisotopic (exact) mass is 288 g/mol. The number of aromatic nitrogens is 1. The molecule has 3 nitrogen and oxygen atoms in total. The van der Waals surface area contributed by atoms with Crippen molar-refractivity contribution < 1.29 is 4.74 Å². The minimum absolute atomic E-state index is 0.158. The maximum atomic E-state index is 5.86. The number of methoxy groups -OCH3 is 1. The summed E-state index contributed by atoms with van der Waals surface area (Å²) < 4.78 is 5.86. The fraction of sp³-hybridized carbons (Fsp3) is 0.438. The Kier molecular flexibility index (Phi) is 3.76. The smallest absolute Gasteiger partial charge is 0.125 e. The van der Waals surface area contributed by atoms with Crippen molar-refractivity contribution in [3.05, 3.63) is 34.7 Å². The van der Waals surface area contributed by atoms with Crippen LogP contribution in [0.25, 0.3) is 11.3 Å². The van der Waals surface area contributed by atoms with Crippen molar-refractivity contribution in [1.82, 2.24) is 4.98 Å². The second kappa shape index (κ2) is 5.54. The first-order valence-electron chi connectivity index (χ1n) is 7.11. The van der Waals surface area contributed by atoms with E-state index < -0.39 is 0 Å². The maximum Gasteiger partial charge on any atom is 0.125 e. The van der Waals surface area contributed by atoms with Crippen LogP contribution in [-0.2, 0) is 10.3 Å². The number of hydrogen-bond acceptors (Lipinski definition) is 4. The van der Waals surface area contributed by atoms with Crippen LogP contribution in [0, 0.1) is 0 Å². The lowest BCUT2D eigenvalue weighted by Gasteiger charge is -2.34. The predicted molar refractivity (Wildman–Crippen MR) is 83.7 cm³/mol. The van der Waals surface area contributed by atoms with Gasteiger partial charge in [0.05, 0.1) is 5.69 Å². The van der Waals surface area contributed by atoms with Crippen molar-refractivity contribution in [3.8, 4) is 11.3 Å². The molecule has 0 spiro atoms. The van der Waals surface area contributed by atoms with Crippen LogP contribution in [0.1, 0.15) is 37.1 Å². The van der Waals surface area contributed by atoms with E-state index in [1.807, 2.05) is 31.4 Å². The van der Waals surface area contributed by atoms with E-state index in [0.29, 0.717) is 0 Å². The first-order chi connectivity index (χ1) is 9.73. The Bertz CT molecular complexity index is 570. The van der Waals surface area contributed by atoms with Crippen LogP contribution >= 0.6 is 11.3 Å². The van der Waals surface area contributed by atoms with Crippen LogP contribution in [0.5, 0.6) is 0 Å². The highest BCUT2D eigenvalue weighted by molar-refractivity contribution is 7.10. The number of hydrogen-bond donors (Lipinski definition) is 1. The third-order valence-electron chi connectivity index (χ3n) is 4.15. The van der Waals surface area contributed by atoms with Gasteiger partial charge in [0.1, 0.15) is 10.6 Å². The van der Waals surface area contributed by atoms with Crippen molar-refractivity contribution in [2.24, 2.45) is 0 Å². The number of nitrogens with zero attached hydrogens (tertiary/aromatic N) is 1. The Hall–Kier alpha value is -1.39. The van der Waals surface area contributed by atoms with Gasteiger partial charge in [0.15, 0.2) is 0 Å². The van der Waals surface area contributed by atoms with E-state index in [2.05, 4.69) is 5.38 Å². The Labute approximate surface area is 123 Å². The first kappa shape index (κ1) is 13.6. The summed E-state index contributed by atoms with van der Waals surface area (Å²) >= 11 is 1.71. The maximum absolute atomic E-state index is 5.86. The highest BCUT2D eigenvalue weighted by Crippen LogP contribution is 2.42. The number of nitrogens with two attached hydrogens (primary N) is 1. The van der Waals surface area contributed by atoms with E-state index in [1.54, 1.807) is 11.3 Å². The number of benzene rings is 1. The van der Waals surface area contributed by atoms with Gasteiger partial charge in [-0.1, -0.05) is 31.4 Å². The molecule has 1 aromatic heterocycles. The molecule has 3 rings (SSSR count). The third-order valence-corrected chi connectivity index (χ3v) is 5.18. The highest BCUT2D eigenvalue weighted by atomic mass is 32.1. The van der Waals surface area contributed by atoms with Crippen LogP contribution in [0.15, 0.2) is 29.6 Å². The molecule has 106 valence electrons. The summed E-state index contributed by atoms with van der Waals surface area (Å²) in [6, 6.07) is 7.88. The lowest BCUT2D eigenvalue weighted by Crippen LogP contribution is -2.30. The largest absolute Gasteiger partial charge is 0.399 e. The fourth-order valence-corrected chi connectivity index (χ4v) is 3.96. The lowest BCUT2D eigenvalue weighted by atomic mass is 9.85. The molecule has 1 fully saturated rings. The highest BCUT2D eigenvalue weighted by Gasteiger charge is 2.36. The van der Waals surface area contributed by atoms with Crippen molar-refractivity contribution in [1.29, 1.82) is 0 Å². The minimum Gasteiger partial charge on any atom is -0.399 e. The van der Waals surface area contributed by atoms with Crippen molar-refractivity contribution >= 4 is 17.0 Å². The number of ether oxygens (including phenoxy) is 1. The van der Waals surface area contributed by atoms with E-state index in [1.165, 1.54) is 19.3 Å². The molecule has 1 aliphatic rings. The van der Waals surface area contributed by atoms with E-state index in [9.17, 15) is 0 Å². The average molecular weight is 288 g/mol. The predicted octanol–water partition coefficient (Wildman–Crippen LogP) is 4.20. The summed E-state index contributed by atoms with van der Waals surface area (Å²) in [5.41, 5.74) is 8.49. The summed E-state index contributed by atoms with van der Waals surface area (Å²) in [7, 11) is 1.82. The zero-order chi connectivity index (χ0) is 14.0. The molecule has 2 N–H and O–H groups in total.